The number of fused-ring (bicyclic) bond motifs is 2. The van der Waals surface area contributed by atoms with Crippen LogP contribution in [0.5, 0.6) is 23.0 Å². The van der Waals surface area contributed by atoms with E-state index in [0.29, 0.717) is 22.7 Å². The van der Waals surface area contributed by atoms with Gasteiger partial charge in [0.15, 0.2) is 0 Å². The highest BCUT2D eigenvalue weighted by molar-refractivity contribution is 7.89. The third-order valence-corrected chi connectivity index (χ3v) is 9.47. The van der Waals surface area contributed by atoms with E-state index in [1.54, 1.807) is 48.5 Å². The summed E-state index contributed by atoms with van der Waals surface area (Å²) in [5, 5.41) is 12.4. The van der Waals surface area contributed by atoms with E-state index in [9.17, 15) is 13.2 Å². The second-order valence-corrected chi connectivity index (χ2v) is 14.4. The van der Waals surface area contributed by atoms with Crippen molar-refractivity contribution in [2.45, 2.75) is 11.8 Å². The molecule has 11 nitrogen and oxygen atoms in total. The first-order valence-corrected chi connectivity index (χ1v) is 20.1. The van der Waals surface area contributed by atoms with Gasteiger partial charge >= 0.3 is 11.6 Å². The van der Waals surface area contributed by atoms with Crippen LogP contribution in [0.1, 0.15) is 15.9 Å². The van der Waals surface area contributed by atoms with Crippen LogP contribution < -0.4 is 31.4 Å². The highest BCUT2D eigenvalue weighted by atomic mass is 32.2. The van der Waals surface area contributed by atoms with Crippen molar-refractivity contribution < 1.29 is 31.1 Å². The molecule has 0 saturated heterocycles. The molecule has 0 bridgehead atoms. The minimum absolute atomic E-state index is 0.0278. The Morgan fingerprint density at radius 1 is 0.525 bits per heavy atom. The summed E-state index contributed by atoms with van der Waals surface area (Å²) in [6.45, 7) is 2.07. The lowest BCUT2D eigenvalue weighted by Crippen LogP contribution is -2.13. The Balaban J connectivity index is 0.000000177. The number of sulfonamides is 1. The zero-order valence-corrected chi connectivity index (χ0v) is 33.4. The largest absolute Gasteiger partial charge is 0.457 e. The van der Waals surface area contributed by atoms with Crippen LogP contribution in [0.15, 0.2) is 187 Å². The molecule has 8 aromatic carbocycles. The van der Waals surface area contributed by atoms with Crippen molar-refractivity contribution in [2.24, 2.45) is 5.14 Å². The number of aryl methyl sites for hydroxylation is 1. The molecule has 0 aliphatic rings. The number of nitrogens with two attached hydrogens (primary N) is 3. The van der Waals surface area contributed by atoms with Crippen molar-refractivity contribution in [1.29, 1.82) is 0 Å². The van der Waals surface area contributed by atoms with Crippen LogP contribution in [0.4, 0.5) is 17.1 Å². The van der Waals surface area contributed by atoms with Gasteiger partial charge in [-0.2, -0.15) is 8.42 Å². The fourth-order valence-corrected chi connectivity index (χ4v) is 6.22. The number of carbonyl (C=O) groups is 1. The third-order valence-electron chi connectivity index (χ3n) is 8.49. The fourth-order valence-electron chi connectivity index (χ4n) is 5.56. The summed E-state index contributed by atoms with van der Waals surface area (Å²) in [6, 6.07) is 56.8. The predicted octanol–water partition coefficient (Wildman–Crippen LogP) is 9.65. The van der Waals surface area contributed by atoms with Crippen LogP contribution in [-0.2, 0) is 21.6 Å². The highest BCUT2D eigenvalue weighted by Gasteiger charge is 2.10. The number of primary sulfonamides is 1. The predicted molar refractivity (Wildman–Crippen MR) is 236 cm³/mol. The lowest BCUT2D eigenvalue weighted by atomic mass is 10.1. The van der Waals surface area contributed by atoms with E-state index >= 15 is 0 Å². The molecule has 0 heterocycles. The number of carbonyl (C=O) groups excluding carboxylic acids is 1. The second kappa shape index (κ2) is 20.7. The van der Waals surface area contributed by atoms with Crippen molar-refractivity contribution in [3.63, 3.8) is 0 Å². The zero-order valence-electron chi connectivity index (χ0n) is 31.7. The van der Waals surface area contributed by atoms with Crippen LogP contribution in [0.3, 0.4) is 0 Å². The molecule has 0 aliphatic carbocycles. The van der Waals surface area contributed by atoms with Gasteiger partial charge in [-0.1, -0.05) is 103 Å². The molecule has 298 valence electrons. The molecular weight excluding hydrogens is 785 g/mol. The molecule has 0 fully saturated rings. The normalized spacial score (nSPS) is 10.3. The van der Waals surface area contributed by atoms with Crippen LogP contribution in [0, 0.1) is 6.92 Å². The zero-order chi connectivity index (χ0) is 42.2. The molecule has 0 radical (unpaired) electrons. The molecule has 59 heavy (non-hydrogen) atoms. The van der Waals surface area contributed by atoms with Gasteiger partial charge in [-0.15, -0.1) is 0 Å². The number of rotatable bonds is 7. The first-order chi connectivity index (χ1) is 28.4. The summed E-state index contributed by atoms with van der Waals surface area (Å²) in [5.41, 5.74) is 14.3. The Morgan fingerprint density at radius 3 is 1.39 bits per heavy atom. The maximum Gasteiger partial charge on any atom is 0.335 e. The molecule has 0 spiro atoms. The Kier molecular flexibility index (Phi) is 15.0. The van der Waals surface area contributed by atoms with E-state index in [0.717, 1.165) is 28.0 Å². The van der Waals surface area contributed by atoms with Gasteiger partial charge in [-0.25, -0.2) is 13.6 Å². The minimum Gasteiger partial charge on any atom is -0.457 e. The standard InChI is InChI=1S/C23H18N2O2.C17H14O.C6H8N2O2S.O2S/c24-21-7-3-4-8-22(21)25-23(26)17-10-12-19(13-11-17)27-20-14-9-16-5-1-2-6-18(16)15-20;1-13-6-9-16(10-7-13)18-17-11-8-14-4-2-3-5-15(14)12-17;7-5-3-1-2-4-6(5)11(8,9)10;1-3-2/h1-15H,24H2,(H,25,26);2-12H,1H3;1-4H,7H2,(H2,8,9,10);. The maximum absolute atomic E-state index is 12.4. The molecule has 0 atom stereocenters. The number of nitrogens with one attached hydrogen (secondary N) is 1. The smallest absolute Gasteiger partial charge is 0.335 e. The Morgan fingerprint density at radius 2 is 0.932 bits per heavy atom. The summed E-state index contributed by atoms with van der Waals surface area (Å²) in [4.78, 5) is 12.3. The Labute approximate surface area is 345 Å². The molecule has 1 amide bonds. The van der Waals surface area contributed by atoms with Crippen LogP contribution in [0.25, 0.3) is 21.5 Å². The average molecular weight is 825 g/mol. The van der Waals surface area contributed by atoms with Gasteiger partial charge in [0.2, 0.25) is 10.0 Å². The summed E-state index contributed by atoms with van der Waals surface area (Å²) in [5.74, 6) is 2.95. The van der Waals surface area contributed by atoms with Crippen LogP contribution >= 0.6 is 0 Å². The van der Waals surface area contributed by atoms with Gasteiger partial charge in [0, 0.05) is 5.56 Å². The quantitative estimate of drug-likeness (QED) is 0.113. The molecule has 0 saturated carbocycles. The van der Waals surface area contributed by atoms with E-state index in [4.69, 9.17) is 34.5 Å². The van der Waals surface area contributed by atoms with Crippen LogP contribution in [0.2, 0.25) is 0 Å². The van der Waals surface area contributed by atoms with E-state index in [-0.39, 0.29) is 16.5 Å². The van der Waals surface area contributed by atoms with E-state index in [1.165, 1.54) is 28.5 Å². The highest BCUT2D eigenvalue weighted by Crippen LogP contribution is 2.28. The van der Waals surface area contributed by atoms with Gasteiger partial charge in [0.25, 0.3) is 5.91 Å². The second-order valence-electron chi connectivity index (χ2n) is 12.8. The monoisotopic (exact) mass is 824 g/mol. The fraction of sp³-hybridized carbons (Fsp3) is 0.0217. The summed E-state index contributed by atoms with van der Waals surface area (Å²) < 4.78 is 49.8. The topological polar surface area (TPSA) is 194 Å². The molecule has 7 N–H and O–H groups in total. The molecule has 13 heteroatoms. The van der Waals surface area contributed by atoms with Crippen LogP contribution in [-0.4, -0.2) is 22.7 Å². The van der Waals surface area contributed by atoms with Crippen molar-refractivity contribution in [1.82, 2.24) is 0 Å². The molecule has 0 unspecified atom stereocenters. The first kappa shape index (κ1) is 42.8. The maximum atomic E-state index is 12.4. The summed E-state index contributed by atoms with van der Waals surface area (Å²) >= 11 is -0.750. The van der Waals surface area contributed by atoms with Crippen molar-refractivity contribution in [3.05, 3.63) is 193 Å². The summed E-state index contributed by atoms with van der Waals surface area (Å²) in [7, 11) is -3.66. The third kappa shape index (κ3) is 12.8. The van der Waals surface area contributed by atoms with Crippen molar-refractivity contribution in [3.8, 4) is 23.0 Å². The Bertz CT molecular complexity index is 2810. The SMILES string of the molecule is Cc1ccc(Oc2ccc3ccccc3c2)cc1.Nc1ccccc1NC(=O)c1ccc(Oc2ccc3ccccc3c2)cc1.Nc1ccccc1S(N)(=O)=O.O=S=O. The van der Waals surface area contributed by atoms with Crippen molar-refractivity contribution >= 4 is 66.1 Å². The van der Waals surface area contributed by atoms with Gasteiger partial charge in [0.05, 0.1) is 17.1 Å². The van der Waals surface area contributed by atoms with E-state index in [1.807, 2.05) is 78.9 Å². The Hall–Kier alpha value is -7.32. The number of para-hydroxylation sites is 3. The van der Waals surface area contributed by atoms with Gasteiger partial charge in [-0.3, -0.25) is 4.79 Å². The molecule has 0 aromatic heterocycles. The molecule has 8 aromatic rings. The summed E-state index contributed by atoms with van der Waals surface area (Å²) in [6.07, 6.45) is 0. The average Bonchev–Trinajstić information content (AvgIpc) is 3.23. The number of nitrogen functional groups attached to an aromatic ring is 2. The van der Waals surface area contributed by atoms with E-state index in [2.05, 4.69) is 54.7 Å². The lowest BCUT2D eigenvalue weighted by Gasteiger charge is -2.09. The lowest BCUT2D eigenvalue weighted by molar-refractivity contribution is 0.102. The molecular formula is C46H40N4O7S2. The number of ether oxygens (including phenoxy) is 2. The first-order valence-electron chi connectivity index (χ1n) is 17.9. The van der Waals surface area contributed by atoms with Gasteiger partial charge in [0.1, 0.15) is 27.9 Å². The molecule has 0 aliphatic heterocycles. The van der Waals surface area contributed by atoms with Gasteiger partial charge < -0.3 is 26.3 Å². The number of hydrogen-bond acceptors (Lipinski definition) is 9. The number of benzene rings is 8. The van der Waals surface area contributed by atoms with E-state index < -0.39 is 21.6 Å². The van der Waals surface area contributed by atoms with Crippen molar-refractivity contribution in [2.75, 3.05) is 16.8 Å². The minimum atomic E-state index is -3.66. The van der Waals surface area contributed by atoms with Gasteiger partial charge in [-0.05, 0) is 113 Å². The number of anilines is 3. The number of hydrogen-bond donors (Lipinski definition) is 4. The molecule has 8 rings (SSSR count). The number of amides is 1.